The molecule has 0 fully saturated rings. The van der Waals surface area contributed by atoms with Gasteiger partial charge in [-0.05, 0) is 36.4 Å². The Hall–Kier alpha value is -3.41. The summed E-state index contributed by atoms with van der Waals surface area (Å²) in [7, 11) is 7.98. The van der Waals surface area contributed by atoms with Crippen LogP contribution >= 0.6 is 0 Å². The van der Waals surface area contributed by atoms with Gasteiger partial charge in [0.1, 0.15) is 11.9 Å². The molecule has 30 heavy (non-hydrogen) atoms. The Labute approximate surface area is 176 Å². The fourth-order valence-corrected chi connectivity index (χ4v) is 4.69. The lowest BCUT2D eigenvalue weighted by molar-refractivity contribution is -0.0420. The predicted octanol–water partition coefficient (Wildman–Crippen LogP) is 3.14. The first-order valence-electron chi connectivity index (χ1n) is 10.0. The summed E-state index contributed by atoms with van der Waals surface area (Å²) in [5.74, 6) is 0.189. The molecule has 5 rings (SSSR count). The molecule has 3 aliphatic rings. The average Bonchev–Trinajstić information content (AvgIpc) is 2.99. The van der Waals surface area contributed by atoms with E-state index in [1.165, 1.54) is 0 Å². The van der Waals surface area contributed by atoms with Gasteiger partial charge >= 0.3 is 5.97 Å². The number of nitrogens with zero attached hydrogens (tertiary/aromatic N) is 2. The number of benzene rings is 2. The second-order valence-corrected chi connectivity index (χ2v) is 8.46. The molecule has 2 heterocycles. The molecule has 2 N–H and O–H groups in total. The summed E-state index contributed by atoms with van der Waals surface area (Å²) >= 11 is 0. The molecule has 2 aromatic carbocycles. The summed E-state index contributed by atoms with van der Waals surface area (Å²) in [5, 5.41) is 0. The summed E-state index contributed by atoms with van der Waals surface area (Å²) in [6.45, 7) is 0. The third-order valence-corrected chi connectivity index (χ3v) is 6.21. The van der Waals surface area contributed by atoms with Gasteiger partial charge in [0.15, 0.2) is 5.60 Å². The topological polar surface area (TPSA) is 68.0 Å². The van der Waals surface area contributed by atoms with Crippen LogP contribution in [-0.4, -0.2) is 45.2 Å². The van der Waals surface area contributed by atoms with Gasteiger partial charge in [-0.15, -0.1) is 0 Å². The summed E-state index contributed by atoms with van der Waals surface area (Å²) < 4.78 is 12.7. The highest BCUT2D eigenvalue weighted by Crippen LogP contribution is 2.56. The maximum Gasteiger partial charge on any atom is 0.339 e. The Balaban J connectivity index is 1.77. The molecular weight excluding hydrogens is 378 g/mol. The molecule has 2 aromatic rings. The van der Waals surface area contributed by atoms with E-state index in [-0.39, 0.29) is 18.0 Å². The van der Waals surface area contributed by atoms with Gasteiger partial charge in [-0.2, -0.15) is 0 Å². The van der Waals surface area contributed by atoms with Crippen LogP contribution in [0.1, 0.15) is 21.5 Å². The minimum atomic E-state index is -0.950. The van der Waals surface area contributed by atoms with Gasteiger partial charge < -0.3 is 25.0 Å². The van der Waals surface area contributed by atoms with Crippen molar-refractivity contribution in [3.63, 3.8) is 0 Å². The summed E-state index contributed by atoms with van der Waals surface area (Å²) in [6, 6.07) is 11.5. The molecule has 0 saturated carbocycles. The van der Waals surface area contributed by atoms with Crippen molar-refractivity contribution in [2.45, 2.75) is 11.7 Å². The number of rotatable bonds is 2. The summed E-state index contributed by atoms with van der Waals surface area (Å²) in [6.07, 6.45) is 5.99. The van der Waals surface area contributed by atoms with E-state index in [9.17, 15) is 4.79 Å². The third kappa shape index (κ3) is 2.46. The van der Waals surface area contributed by atoms with Crippen LogP contribution in [-0.2, 0) is 10.3 Å². The molecule has 3 atom stereocenters. The number of carbonyl (C=O) groups excluding carboxylic acids is 1. The van der Waals surface area contributed by atoms with Crippen molar-refractivity contribution in [3.8, 4) is 5.75 Å². The standard InChI is InChI=1S/C24H25N3O3/c1-26(2)15-6-9-19-21(12-15)29-22-13-16(27(3)4)7-10-20(22)24(19)18-8-5-14(25)11-17(18)23(28)30-24/h5-13,19,21H,25H2,1-4H3/t19-,21+,24+/m1/s1. The van der Waals surface area contributed by atoms with Crippen molar-refractivity contribution in [1.82, 2.24) is 4.90 Å². The van der Waals surface area contributed by atoms with Crippen LogP contribution in [0.2, 0.25) is 0 Å². The number of hydrogen-bond acceptors (Lipinski definition) is 6. The van der Waals surface area contributed by atoms with E-state index in [0.29, 0.717) is 11.3 Å². The van der Waals surface area contributed by atoms with E-state index >= 15 is 0 Å². The number of nitrogen functional groups attached to an aromatic ring is 1. The number of anilines is 2. The van der Waals surface area contributed by atoms with Crippen LogP contribution in [0.4, 0.5) is 11.4 Å². The molecule has 0 bridgehead atoms. The van der Waals surface area contributed by atoms with Gasteiger partial charge in [-0.25, -0.2) is 4.79 Å². The first kappa shape index (κ1) is 18.6. The third-order valence-electron chi connectivity index (χ3n) is 6.21. The van der Waals surface area contributed by atoms with Crippen LogP contribution in [0.3, 0.4) is 0 Å². The number of allylic oxidation sites excluding steroid dienone is 1. The average molecular weight is 403 g/mol. The number of likely N-dealkylation sites (N-methyl/N-ethyl adjacent to an activating group) is 1. The number of ether oxygens (including phenoxy) is 2. The van der Waals surface area contributed by atoms with Gasteiger partial charge in [-0.3, -0.25) is 0 Å². The van der Waals surface area contributed by atoms with E-state index in [1.54, 1.807) is 6.07 Å². The zero-order valence-corrected chi connectivity index (χ0v) is 17.5. The van der Waals surface area contributed by atoms with Gasteiger partial charge in [-0.1, -0.05) is 12.1 Å². The lowest BCUT2D eigenvalue weighted by Gasteiger charge is -2.45. The van der Waals surface area contributed by atoms with Gasteiger partial charge in [0.2, 0.25) is 0 Å². The molecule has 0 saturated heterocycles. The van der Waals surface area contributed by atoms with Crippen LogP contribution in [0.15, 0.2) is 60.3 Å². The fourth-order valence-electron chi connectivity index (χ4n) is 4.69. The second kappa shape index (κ2) is 6.29. The van der Waals surface area contributed by atoms with E-state index in [1.807, 2.05) is 68.3 Å². The van der Waals surface area contributed by atoms with Gasteiger partial charge in [0, 0.05) is 62.5 Å². The Bertz CT molecular complexity index is 1120. The van der Waals surface area contributed by atoms with Crippen molar-refractivity contribution in [2.75, 3.05) is 38.8 Å². The maximum absolute atomic E-state index is 12.9. The highest BCUT2D eigenvalue weighted by atomic mass is 16.6. The highest BCUT2D eigenvalue weighted by molar-refractivity contribution is 5.97. The summed E-state index contributed by atoms with van der Waals surface area (Å²) in [5.41, 5.74) is 9.87. The van der Waals surface area contributed by atoms with E-state index in [0.717, 1.165) is 28.3 Å². The Morgan fingerprint density at radius 2 is 1.77 bits per heavy atom. The first-order chi connectivity index (χ1) is 14.3. The molecule has 6 nitrogen and oxygen atoms in total. The zero-order valence-electron chi connectivity index (χ0n) is 17.5. The van der Waals surface area contributed by atoms with E-state index in [4.69, 9.17) is 15.2 Å². The highest BCUT2D eigenvalue weighted by Gasteiger charge is 2.58. The number of hydrogen-bond donors (Lipinski definition) is 1. The number of fused-ring (bicyclic) bond motifs is 6. The lowest BCUT2D eigenvalue weighted by Crippen LogP contribution is -2.48. The van der Waals surface area contributed by atoms with Crippen molar-refractivity contribution < 1.29 is 14.3 Å². The Kier molecular flexibility index (Phi) is 3.90. The number of esters is 1. The lowest BCUT2D eigenvalue weighted by atomic mass is 9.70. The number of nitrogens with two attached hydrogens (primary N) is 1. The molecule has 1 spiro atoms. The molecule has 1 aliphatic carbocycles. The van der Waals surface area contributed by atoms with Crippen molar-refractivity contribution in [3.05, 3.63) is 77.0 Å². The fraction of sp³-hybridized carbons (Fsp3) is 0.292. The maximum atomic E-state index is 12.9. The van der Waals surface area contributed by atoms with Crippen LogP contribution in [0.5, 0.6) is 5.75 Å². The minimum Gasteiger partial charge on any atom is -0.485 e. The molecule has 0 aromatic heterocycles. The van der Waals surface area contributed by atoms with Crippen LogP contribution < -0.4 is 15.4 Å². The minimum absolute atomic E-state index is 0.187. The molecule has 0 radical (unpaired) electrons. The monoisotopic (exact) mass is 403 g/mol. The second-order valence-electron chi connectivity index (χ2n) is 8.46. The van der Waals surface area contributed by atoms with Crippen LogP contribution in [0.25, 0.3) is 0 Å². The van der Waals surface area contributed by atoms with Gasteiger partial charge in [0.25, 0.3) is 0 Å². The largest absolute Gasteiger partial charge is 0.485 e. The first-order valence-corrected chi connectivity index (χ1v) is 10.0. The molecule has 0 unspecified atom stereocenters. The number of carbonyl (C=O) groups is 1. The smallest absolute Gasteiger partial charge is 0.339 e. The zero-order chi connectivity index (χ0) is 21.2. The Morgan fingerprint density at radius 1 is 1.00 bits per heavy atom. The van der Waals surface area contributed by atoms with Gasteiger partial charge in [0.05, 0.1) is 11.5 Å². The normalized spacial score (nSPS) is 25.6. The molecular formula is C24H25N3O3. The van der Waals surface area contributed by atoms with Crippen molar-refractivity contribution in [1.29, 1.82) is 0 Å². The van der Waals surface area contributed by atoms with E-state index in [2.05, 4.69) is 18.2 Å². The van der Waals surface area contributed by atoms with Crippen LogP contribution in [0, 0.1) is 5.92 Å². The van der Waals surface area contributed by atoms with Crippen molar-refractivity contribution >= 4 is 17.3 Å². The molecule has 6 heteroatoms. The molecule has 2 aliphatic heterocycles. The molecule has 0 amide bonds. The SMILES string of the molecule is CN(C)C1=C[C@@H]2Oc3cc(N(C)C)ccc3[C@@]3(OC(=O)c4cc(N)ccc43)[C@@H]2C=C1. The van der Waals surface area contributed by atoms with E-state index < -0.39 is 5.60 Å². The quantitative estimate of drug-likeness (QED) is 0.614. The predicted molar refractivity (Wildman–Crippen MR) is 117 cm³/mol. The molecule has 154 valence electrons. The Morgan fingerprint density at radius 3 is 2.50 bits per heavy atom. The van der Waals surface area contributed by atoms with Crippen molar-refractivity contribution in [2.24, 2.45) is 5.92 Å². The summed E-state index contributed by atoms with van der Waals surface area (Å²) in [4.78, 5) is 17.0.